The second-order valence-electron chi connectivity index (χ2n) is 17.8. The summed E-state index contributed by atoms with van der Waals surface area (Å²) >= 11 is 0. The van der Waals surface area contributed by atoms with E-state index in [0.717, 1.165) is 38.5 Å². The van der Waals surface area contributed by atoms with Crippen LogP contribution in [0.25, 0.3) is 0 Å². The van der Waals surface area contributed by atoms with Gasteiger partial charge in [0.25, 0.3) is 0 Å². The number of hydrogen-bond donors (Lipinski definition) is 8. The van der Waals surface area contributed by atoms with Crippen molar-refractivity contribution in [1.82, 2.24) is 0 Å². The highest BCUT2D eigenvalue weighted by Crippen LogP contribution is 2.76. The molecule has 0 amide bonds. The molecule has 4 saturated carbocycles. The van der Waals surface area contributed by atoms with Gasteiger partial charge in [0.2, 0.25) is 0 Å². The van der Waals surface area contributed by atoms with Crippen LogP contribution in [0.15, 0.2) is 12.2 Å². The molecular weight excluding hydrogens is 592 g/mol. The number of aliphatic hydroxyl groups is 8. The van der Waals surface area contributed by atoms with Gasteiger partial charge in [0.15, 0.2) is 6.29 Å². The van der Waals surface area contributed by atoms with Gasteiger partial charge in [0.1, 0.15) is 30.5 Å². The van der Waals surface area contributed by atoms with Crippen molar-refractivity contribution in [2.75, 3.05) is 6.61 Å². The van der Waals surface area contributed by atoms with E-state index in [0.29, 0.717) is 12.3 Å². The summed E-state index contributed by atoms with van der Waals surface area (Å²) in [6.07, 6.45) is -1.11. The van der Waals surface area contributed by atoms with Gasteiger partial charge in [0, 0.05) is 5.41 Å². The first-order chi connectivity index (χ1) is 21.1. The predicted molar refractivity (Wildman–Crippen MR) is 171 cm³/mol. The fourth-order valence-corrected chi connectivity index (χ4v) is 11.9. The van der Waals surface area contributed by atoms with Crippen LogP contribution in [0.1, 0.15) is 100 Å². The van der Waals surface area contributed by atoms with Gasteiger partial charge in [-0.2, -0.15) is 0 Å². The largest absolute Gasteiger partial charge is 0.394 e. The summed E-state index contributed by atoms with van der Waals surface area (Å²) in [4.78, 5) is 0. The molecule has 0 aromatic carbocycles. The summed E-state index contributed by atoms with van der Waals surface area (Å²) in [6.45, 7) is 15.8. The third kappa shape index (κ3) is 5.46. The summed E-state index contributed by atoms with van der Waals surface area (Å²) in [5, 5.41) is 86.9. The monoisotopic (exact) mass is 654 g/mol. The molecular formula is C36H62O10. The zero-order chi connectivity index (χ0) is 34.4. The molecule has 5 rings (SSSR count). The van der Waals surface area contributed by atoms with Gasteiger partial charge >= 0.3 is 0 Å². The van der Waals surface area contributed by atoms with E-state index in [-0.39, 0.29) is 28.6 Å². The lowest BCUT2D eigenvalue weighted by molar-refractivity contribution is -0.355. The third-order valence-electron chi connectivity index (χ3n) is 14.5. The average molecular weight is 655 g/mol. The number of fused-ring (bicyclic) bond motifs is 5. The van der Waals surface area contributed by atoms with Crippen LogP contribution in [0.2, 0.25) is 0 Å². The Balaban J connectivity index is 1.41. The molecule has 10 nitrogen and oxygen atoms in total. The van der Waals surface area contributed by atoms with Crippen molar-refractivity contribution in [3.63, 3.8) is 0 Å². The standard InChI is InChI=1S/C36H62O10/c1-31(2,43)14-9-15-35(7,44)20-12-16-33(5)19(20)10-11-23-34(33,6)17-13-22-32(3,4)29(27(41)28(42)36(22,23)8)46-30-26(40)25(39)24(38)21(18-37)45-30/h9,14,19-30,37-44H,10-13,15-18H2,1-8H3/b14-9+/t19-,20+,21-,22+,23+,24-,25+,26-,27-,28-,29+,30+,33-,34-,35-,36+/m1/s1. The Morgan fingerprint density at radius 3 is 2.02 bits per heavy atom. The minimum Gasteiger partial charge on any atom is -0.394 e. The van der Waals surface area contributed by atoms with E-state index in [1.165, 1.54) is 0 Å². The zero-order valence-electron chi connectivity index (χ0n) is 29.1. The lowest BCUT2D eigenvalue weighted by atomic mass is 9.34. The molecule has 1 heterocycles. The Labute approximate surface area is 274 Å². The lowest BCUT2D eigenvalue weighted by Gasteiger charge is -2.71. The van der Waals surface area contributed by atoms with E-state index >= 15 is 0 Å². The highest BCUT2D eigenvalue weighted by atomic mass is 16.7. The van der Waals surface area contributed by atoms with Gasteiger partial charge in [-0.05, 0) is 106 Å². The lowest BCUT2D eigenvalue weighted by Crippen LogP contribution is -2.73. The minimum atomic E-state index is -1.60. The van der Waals surface area contributed by atoms with Crippen molar-refractivity contribution in [1.29, 1.82) is 0 Å². The van der Waals surface area contributed by atoms with Crippen LogP contribution in [0.3, 0.4) is 0 Å². The first kappa shape index (κ1) is 36.6. The second-order valence-corrected chi connectivity index (χ2v) is 17.8. The van der Waals surface area contributed by atoms with E-state index in [9.17, 15) is 40.9 Å². The fourth-order valence-electron chi connectivity index (χ4n) is 11.9. The molecule has 5 aliphatic rings. The number of ether oxygens (including phenoxy) is 2. The summed E-state index contributed by atoms with van der Waals surface area (Å²) in [7, 11) is 0. The molecule has 4 aliphatic carbocycles. The van der Waals surface area contributed by atoms with Gasteiger partial charge in [-0.1, -0.05) is 46.8 Å². The molecule has 46 heavy (non-hydrogen) atoms. The first-order valence-electron chi connectivity index (χ1n) is 17.5. The maximum Gasteiger partial charge on any atom is 0.187 e. The molecule has 8 N–H and O–H groups in total. The summed E-state index contributed by atoms with van der Waals surface area (Å²) in [5.74, 6) is 0.483. The third-order valence-corrected chi connectivity index (χ3v) is 14.5. The Morgan fingerprint density at radius 2 is 1.41 bits per heavy atom. The maximum atomic E-state index is 12.1. The molecule has 1 saturated heterocycles. The average Bonchev–Trinajstić information content (AvgIpc) is 3.32. The predicted octanol–water partition coefficient (Wildman–Crippen LogP) is 2.27. The van der Waals surface area contributed by atoms with Crippen LogP contribution >= 0.6 is 0 Å². The Morgan fingerprint density at radius 1 is 0.783 bits per heavy atom. The molecule has 0 aromatic heterocycles. The number of rotatable bonds is 7. The van der Waals surface area contributed by atoms with Crippen molar-refractivity contribution in [2.24, 2.45) is 45.3 Å². The van der Waals surface area contributed by atoms with Gasteiger partial charge in [-0.25, -0.2) is 0 Å². The van der Waals surface area contributed by atoms with E-state index < -0.39 is 77.7 Å². The van der Waals surface area contributed by atoms with E-state index in [2.05, 4.69) is 20.8 Å². The first-order valence-corrected chi connectivity index (χ1v) is 17.5. The Hall–Kier alpha value is -0.660. The molecule has 16 atom stereocenters. The Bertz CT molecular complexity index is 1130. The van der Waals surface area contributed by atoms with Crippen molar-refractivity contribution in [2.45, 2.75) is 161 Å². The Kier molecular flexibility index (Phi) is 9.55. The van der Waals surface area contributed by atoms with Crippen LogP contribution in [-0.4, -0.2) is 108 Å². The van der Waals surface area contributed by atoms with Crippen LogP contribution in [-0.2, 0) is 9.47 Å². The number of hydrogen-bond acceptors (Lipinski definition) is 10. The zero-order valence-corrected chi connectivity index (χ0v) is 29.1. The molecule has 266 valence electrons. The summed E-state index contributed by atoms with van der Waals surface area (Å²) < 4.78 is 11.9. The smallest absolute Gasteiger partial charge is 0.187 e. The van der Waals surface area contributed by atoms with Gasteiger partial charge in [-0.3, -0.25) is 0 Å². The molecule has 0 radical (unpaired) electrons. The summed E-state index contributed by atoms with van der Waals surface area (Å²) in [6, 6.07) is 0. The summed E-state index contributed by atoms with van der Waals surface area (Å²) in [5.41, 5.74) is -3.37. The molecule has 10 heteroatoms. The van der Waals surface area contributed by atoms with Gasteiger partial charge in [0.05, 0.1) is 30.0 Å². The highest BCUT2D eigenvalue weighted by Gasteiger charge is 2.73. The topological polar surface area (TPSA) is 180 Å². The maximum absolute atomic E-state index is 12.1. The molecule has 0 spiro atoms. The van der Waals surface area contributed by atoms with E-state index in [1.54, 1.807) is 19.9 Å². The van der Waals surface area contributed by atoms with Crippen molar-refractivity contribution >= 4 is 0 Å². The quantitative estimate of drug-likeness (QED) is 0.150. The van der Waals surface area contributed by atoms with Crippen LogP contribution in [0, 0.1) is 45.3 Å². The second kappa shape index (κ2) is 12.0. The van der Waals surface area contributed by atoms with Crippen LogP contribution in [0.5, 0.6) is 0 Å². The van der Waals surface area contributed by atoms with E-state index in [1.807, 2.05) is 26.8 Å². The molecule has 0 unspecified atom stereocenters. The minimum absolute atomic E-state index is 0.0428. The van der Waals surface area contributed by atoms with Crippen molar-refractivity contribution < 1.29 is 50.3 Å². The molecule has 1 aliphatic heterocycles. The molecule has 5 fully saturated rings. The van der Waals surface area contributed by atoms with E-state index in [4.69, 9.17) is 9.47 Å². The molecule has 0 bridgehead atoms. The SMILES string of the molecule is CC(C)(O)/C=C/C[C@@](C)(O)[C@H]1CC[C@]2(C)[C@@H]1CC[C@@H]1[C@@]3(C)[C@H](O)[C@@H](O)[C@H](O[C@@H]4O[C@H](CO)[C@@H](O)[C@H](O)[C@H]4O)C(C)(C)[C@@H]3CC[C@]12C. The van der Waals surface area contributed by atoms with Gasteiger partial charge in [-0.15, -0.1) is 0 Å². The molecule has 0 aromatic rings. The normalized spacial score (nSPS) is 52.1. The van der Waals surface area contributed by atoms with Gasteiger partial charge < -0.3 is 50.3 Å². The number of aliphatic hydroxyl groups excluding tert-OH is 6. The van der Waals surface area contributed by atoms with Crippen LogP contribution in [0.4, 0.5) is 0 Å². The van der Waals surface area contributed by atoms with Crippen molar-refractivity contribution in [3.8, 4) is 0 Å². The van der Waals surface area contributed by atoms with Crippen LogP contribution < -0.4 is 0 Å². The van der Waals surface area contributed by atoms with Crippen molar-refractivity contribution in [3.05, 3.63) is 12.2 Å². The highest BCUT2D eigenvalue weighted by molar-refractivity contribution is 5.21. The fraction of sp³-hybridized carbons (Fsp3) is 0.944.